The third-order valence-electron chi connectivity index (χ3n) is 4.31. The molecule has 0 amide bonds. The number of pyridine rings is 1. The number of nitrogens with zero attached hydrogens (tertiary/aromatic N) is 3. The molecule has 0 aliphatic carbocycles. The molecule has 1 aliphatic heterocycles. The van der Waals surface area contributed by atoms with Gasteiger partial charge < -0.3 is 9.84 Å². The Bertz CT molecular complexity index is 914. The van der Waals surface area contributed by atoms with Gasteiger partial charge in [-0.3, -0.25) is 4.90 Å². The summed E-state index contributed by atoms with van der Waals surface area (Å²) in [5.41, 5.74) is 2.95. The van der Waals surface area contributed by atoms with E-state index >= 15 is 0 Å². The minimum Gasteiger partial charge on any atom is -0.505 e. The Morgan fingerprint density at radius 2 is 2.04 bits per heavy atom. The number of rotatable bonds is 3. The van der Waals surface area contributed by atoms with E-state index < -0.39 is 11.9 Å². The number of phenolic OH excluding ortho intramolecular Hbond substituents is 1. The number of thiazole rings is 1. The second kappa shape index (κ2) is 6.84. The molecule has 3 aromatic rings. The van der Waals surface area contributed by atoms with Gasteiger partial charge in [-0.15, -0.1) is 11.3 Å². The minimum atomic E-state index is -0.561. The molecule has 4 rings (SSSR count). The van der Waals surface area contributed by atoms with Crippen LogP contribution in [-0.4, -0.2) is 46.3 Å². The van der Waals surface area contributed by atoms with E-state index in [9.17, 15) is 9.50 Å². The molecule has 2 aromatic heterocycles. The second-order valence-electron chi connectivity index (χ2n) is 5.75. The zero-order valence-corrected chi connectivity index (χ0v) is 14.7. The highest BCUT2D eigenvalue weighted by Gasteiger charge is 2.31. The fourth-order valence-corrected chi connectivity index (χ4v) is 3.96. The molecule has 0 spiro atoms. The van der Waals surface area contributed by atoms with Gasteiger partial charge in [-0.25, -0.2) is 14.4 Å². The van der Waals surface area contributed by atoms with E-state index in [2.05, 4.69) is 9.97 Å². The van der Waals surface area contributed by atoms with E-state index in [0.29, 0.717) is 37.4 Å². The average Bonchev–Trinajstić information content (AvgIpc) is 3.11. The molecule has 8 heteroatoms. The van der Waals surface area contributed by atoms with Gasteiger partial charge in [0.25, 0.3) is 0 Å². The van der Waals surface area contributed by atoms with Crippen molar-refractivity contribution >= 4 is 33.2 Å². The molecule has 1 fully saturated rings. The molecule has 5 nitrogen and oxygen atoms in total. The number of hydrogen-bond acceptors (Lipinski definition) is 6. The first-order valence-corrected chi connectivity index (χ1v) is 9.09. The minimum absolute atomic E-state index is 0.0522. The standard InChI is InChI=1S/C17H15ClFN3O2S/c18-13-4-2-11(19)14(21-13)16(22-5-7-24-8-6-22)10-1-3-12-15(17(10)23)20-9-25-12/h1-4,9,16,23H,5-8H2. The number of fused-ring (bicyclic) bond motifs is 1. The van der Waals surface area contributed by atoms with Crippen LogP contribution in [0.1, 0.15) is 17.3 Å². The summed E-state index contributed by atoms with van der Waals surface area (Å²) in [5, 5.41) is 11.0. The van der Waals surface area contributed by atoms with Crippen molar-refractivity contribution in [1.29, 1.82) is 0 Å². The van der Waals surface area contributed by atoms with Crippen LogP contribution < -0.4 is 0 Å². The summed E-state index contributed by atoms with van der Waals surface area (Å²) < 4.78 is 20.9. The normalized spacial score (nSPS) is 17.0. The van der Waals surface area contributed by atoms with Gasteiger partial charge in [-0.1, -0.05) is 17.7 Å². The second-order valence-corrected chi connectivity index (χ2v) is 7.03. The average molecular weight is 380 g/mol. The predicted octanol–water partition coefficient (Wildman–Crippen LogP) is 3.61. The van der Waals surface area contributed by atoms with Crippen LogP contribution in [0, 0.1) is 5.82 Å². The van der Waals surface area contributed by atoms with Crippen molar-refractivity contribution in [3.63, 3.8) is 0 Å². The first kappa shape index (κ1) is 16.7. The van der Waals surface area contributed by atoms with Crippen LogP contribution in [0.2, 0.25) is 5.15 Å². The summed E-state index contributed by atoms with van der Waals surface area (Å²) in [4.78, 5) is 10.5. The topological polar surface area (TPSA) is 58.5 Å². The van der Waals surface area contributed by atoms with E-state index in [0.717, 1.165) is 4.70 Å². The van der Waals surface area contributed by atoms with E-state index in [1.807, 2.05) is 11.0 Å². The number of phenols is 1. The number of morpholine rings is 1. The maximum atomic E-state index is 14.6. The molecule has 1 saturated heterocycles. The molecule has 1 unspecified atom stereocenters. The maximum absolute atomic E-state index is 14.6. The molecular weight excluding hydrogens is 365 g/mol. The van der Waals surface area contributed by atoms with Crippen LogP contribution in [0.3, 0.4) is 0 Å². The smallest absolute Gasteiger partial charge is 0.147 e. The van der Waals surface area contributed by atoms with Crippen molar-refractivity contribution in [3.05, 3.63) is 52.0 Å². The Morgan fingerprint density at radius 1 is 1.24 bits per heavy atom. The lowest BCUT2D eigenvalue weighted by Gasteiger charge is -2.34. The molecule has 0 bridgehead atoms. The lowest BCUT2D eigenvalue weighted by Crippen LogP contribution is -2.40. The van der Waals surface area contributed by atoms with Crippen molar-refractivity contribution < 1.29 is 14.2 Å². The van der Waals surface area contributed by atoms with E-state index in [4.69, 9.17) is 16.3 Å². The highest BCUT2D eigenvalue weighted by atomic mass is 35.5. The van der Waals surface area contributed by atoms with Crippen molar-refractivity contribution in [2.75, 3.05) is 26.3 Å². The van der Waals surface area contributed by atoms with E-state index in [1.54, 1.807) is 11.6 Å². The van der Waals surface area contributed by atoms with Crippen molar-refractivity contribution in [2.45, 2.75) is 6.04 Å². The predicted molar refractivity (Wildman–Crippen MR) is 94.7 cm³/mol. The van der Waals surface area contributed by atoms with Crippen LogP contribution in [0.15, 0.2) is 29.8 Å². The molecule has 0 radical (unpaired) electrons. The van der Waals surface area contributed by atoms with Crippen LogP contribution in [0.5, 0.6) is 5.75 Å². The highest BCUT2D eigenvalue weighted by molar-refractivity contribution is 7.16. The summed E-state index contributed by atoms with van der Waals surface area (Å²) in [6.07, 6.45) is 0. The molecule has 3 heterocycles. The van der Waals surface area contributed by atoms with Gasteiger partial charge in [-0.2, -0.15) is 0 Å². The first-order chi connectivity index (χ1) is 12.1. The molecule has 130 valence electrons. The number of halogens is 2. The van der Waals surface area contributed by atoms with Crippen LogP contribution in [0.25, 0.3) is 10.2 Å². The summed E-state index contributed by atoms with van der Waals surface area (Å²) in [6.45, 7) is 2.29. The van der Waals surface area contributed by atoms with Crippen LogP contribution >= 0.6 is 22.9 Å². The monoisotopic (exact) mass is 379 g/mol. The van der Waals surface area contributed by atoms with Gasteiger partial charge in [0.15, 0.2) is 0 Å². The summed E-state index contributed by atoms with van der Waals surface area (Å²) in [6, 6.07) is 5.85. The lowest BCUT2D eigenvalue weighted by molar-refractivity contribution is 0.0222. The van der Waals surface area contributed by atoms with Gasteiger partial charge in [-0.05, 0) is 18.2 Å². The molecule has 25 heavy (non-hydrogen) atoms. The molecule has 1 N–H and O–H groups in total. The van der Waals surface area contributed by atoms with Gasteiger partial charge >= 0.3 is 0 Å². The number of hydrogen-bond donors (Lipinski definition) is 1. The van der Waals surface area contributed by atoms with Crippen molar-refractivity contribution in [2.24, 2.45) is 0 Å². The van der Waals surface area contributed by atoms with Crippen LogP contribution in [0.4, 0.5) is 4.39 Å². The molecular formula is C17H15ClFN3O2S. The number of ether oxygens (including phenoxy) is 1. The quantitative estimate of drug-likeness (QED) is 0.704. The van der Waals surface area contributed by atoms with Gasteiger partial charge in [0.1, 0.15) is 22.2 Å². The number of benzene rings is 1. The van der Waals surface area contributed by atoms with Crippen molar-refractivity contribution in [3.8, 4) is 5.75 Å². The maximum Gasteiger partial charge on any atom is 0.147 e. The van der Waals surface area contributed by atoms with Crippen LogP contribution in [-0.2, 0) is 4.74 Å². The lowest BCUT2D eigenvalue weighted by atomic mass is 9.98. The van der Waals surface area contributed by atoms with E-state index in [1.165, 1.54) is 23.5 Å². The molecule has 1 atom stereocenters. The third kappa shape index (κ3) is 3.08. The summed E-state index contributed by atoms with van der Waals surface area (Å²) in [7, 11) is 0. The summed E-state index contributed by atoms with van der Waals surface area (Å²) >= 11 is 7.45. The largest absolute Gasteiger partial charge is 0.505 e. The first-order valence-electron chi connectivity index (χ1n) is 7.84. The molecule has 1 aromatic carbocycles. The zero-order chi connectivity index (χ0) is 17.4. The Labute approximate surface area is 152 Å². The van der Waals surface area contributed by atoms with Crippen molar-refractivity contribution in [1.82, 2.24) is 14.9 Å². The molecule has 0 saturated carbocycles. The number of aromatic nitrogens is 2. The van der Waals surface area contributed by atoms with Gasteiger partial charge in [0.05, 0.1) is 35.2 Å². The Morgan fingerprint density at radius 3 is 2.84 bits per heavy atom. The highest BCUT2D eigenvalue weighted by Crippen LogP contribution is 2.39. The SMILES string of the molecule is Oc1c(C(c2nc(Cl)ccc2F)N2CCOCC2)ccc2scnc12. The third-order valence-corrected chi connectivity index (χ3v) is 5.32. The Hall–Kier alpha value is -1.80. The fraction of sp³-hybridized carbons (Fsp3) is 0.294. The summed E-state index contributed by atoms with van der Waals surface area (Å²) in [5.74, 6) is -0.407. The van der Waals surface area contributed by atoms with Gasteiger partial charge in [0, 0.05) is 18.7 Å². The van der Waals surface area contributed by atoms with Gasteiger partial charge in [0.2, 0.25) is 0 Å². The Balaban J connectivity index is 1.89. The molecule has 1 aliphatic rings. The number of aromatic hydroxyl groups is 1. The fourth-order valence-electron chi connectivity index (χ4n) is 3.13. The Kier molecular flexibility index (Phi) is 4.56. The zero-order valence-electron chi connectivity index (χ0n) is 13.2. The van der Waals surface area contributed by atoms with E-state index in [-0.39, 0.29) is 16.6 Å².